The van der Waals surface area contributed by atoms with Gasteiger partial charge in [-0.2, -0.15) is 17.0 Å². The van der Waals surface area contributed by atoms with E-state index in [2.05, 4.69) is 25.2 Å². The maximum atomic E-state index is 8.29. The van der Waals surface area contributed by atoms with Gasteiger partial charge in [0.2, 0.25) is 0 Å². The van der Waals surface area contributed by atoms with Gasteiger partial charge in [0.1, 0.15) is 0 Å². The Bertz CT molecular complexity index is 131. The predicted molar refractivity (Wildman–Crippen MR) is 55.3 cm³/mol. The second-order valence-corrected chi connectivity index (χ2v) is 4.10. The zero-order chi connectivity index (χ0) is 9.23. The number of thioether (sulfide) groups is 1. The molecule has 0 radical (unpaired) electrons. The van der Waals surface area contributed by atoms with Crippen molar-refractivity contribution in [2.45, 2.75) is 32.7 Å². The van der Waals surface area contributed by atoms with Gasteiger partial charge in [0.15, 0.2) is 0 Å². The van der Waals surface area contributed by atoms with E-state index in [0.29, 0.717) is 12.5 Å². The minimum Gasteiger partial charge on any atom is -0.313 e. The third-order valence-corrected chi connectivity index (χ3v) is 2.67. The topological polar surface area (TPSA) is 35.8 Å². The molecular formula is C9H18N2S. The Morgan fingerprint density at radius 3 is 2.92 bits per heavy atom. The normalized spacial score (nSPS) is 12.4. The molecule has 0 aliphatic heterocycles. The Kier molecular flexibility index (Phi) is 8.74. The lowest BCUT2D eigenvalue weighted by atomic mass is 10.3. The van der Waals surface area contributed by atoms with Gasteiger partial charge in [0.25, 0.3) is 0 Å². The Morgan fingerprint density at radius 1 is 1.58 bits per heavy atom. The molecule has 3 heteroatoms. The number of rotatable bonds is 7. The van der Waals surface area contributed by atoms with Crippen LogP contribution in [-0.4, -0.2) is 24.1 Å². The summed E-state index contributed by atoms with van der Waals surface area (Å²) in [4.78, 5) is 0. The van der Waals surface area contributed by atoms with Gasteiger partial charge in [0.05, 0.1) is 6.07 Å². The monoisotopic (exact) mass is 186 g/mol. The highest BCUT2D eigenvalue weighted by atomic mass is 32.2. The highest BCUT2D eigenvalue weighted by molar-refractivity contribution is 7.99. The molecule has 0 aliphatic rings. The Morgan fingerprint density at radius 2 is 2.33 bits per heavy atom. The molecule has 0 aliphatic carbocycles. The van der Waals surface area contributed by atoms with Crippen molar-refractivity contribution >= 4 is 11.8 Å². The van der Waals surface area contributed by atoms with Gasteiger partial charge in [-0.3, -0.25) is 0 Å². The fourth-order valence-corrected chi connectivity index (χ4v) is 1.58. The lowest BCUT2D eigenvalue weighted by Gasteiger charge is -2.11. The lowest BCUT2D eigenvalue weighted by Crippen LogP contribution is -2.29. The highest BCUT2D eigenvalue weighted by Crippen LogP contribution is 2.01. The molecule has 0 amide bonds. The molecule has 0 fully saturated rings. The standard InChI is InChI=1S/C9H18N2S/c1-3-12-8-9(2)11-7-5-4-6-10/h9,11H,3-5,7-8H2,1-2H3. The van der Waals surface area contributed by atoms with Crippen LogP contribution in [0.4, 0.5) is 0 Å². The van der Waals surface area contributed by atoms with Gasteiger partial charge in [0, 0.05) is 18.2 Å². The van der Waals surface area contributed by atoms with E-state index in [1.165, 1.54) is 11.5 Å². The molecule has 2 nitrogen and oxygen atoms in total. The molecule has 0 spiro atoms. The van der Waals surface area contributed by atoms with E-state index in [-0.39, 0.29) is 0 Å². The van der Waals surface area contributed by atoms with E-state index in [1.807, 2.05) is 11.8 Å². The first-order valence-electron chi connectivity index (χ1n) is 4.49. The van der Waals surface area contributed by atoms with Crippen molar-refractivity contribution in [2.75, 3.05) is 18.1 Å². The van der Waals surface area contributed by atoms with E-state index in [9.17, 15) is 0 Å². The fraction of sp³-hybridized carbons (Fsp3) is 0.889. The maximum Gasteiger partial charge on any atom is 0.0622 e. The minimum absolute atomic E-state index is 0.577. The predicted octanol–water partition coefficient (Wildman–Crippen LogP) is 2.02. The van der Waals surface area contributed by atoms with Crippen molar-refractivity contribution in [1.82, 2.24) is 5.32 Å². The molecule has 0 heterocycles. The number of nitrogens with zero attached hydrogens (tertiary/aromatic N) is 1. The molecule has 0 bridgehead atoms. The molecule has 0 aromatic rings. The van der Waals surface area contributed by atoms with Gasteiger partial charge >= 0.3 is 0 Å². The maximum absolute atomic E-state index is 8.29. The van der Waals surface area contributed by atoms with Crippen molar-refractivity contribution < 1.29 is 0 Å². The van der Waals surface area contributed by atoms with Gasteiger partial charge in [-0.1, -0.05) is 6.92 Å². The highest BCUT2D eigenvalue weighted by Gasteiger charge is 1.98. The second kappa shape index (κ2) is 8.89. The average Bonchev–Trinajstić information content (AvgIpc) is 2.09. The molecule has 70 valence electrons. The summed E-state index contributed by atoms with van der Waals surface area (Å²) in [5.74, 6) is 2.35. The van der Waals surface area contributed by atoms with Crippen LogP contribution in [0.2, 0.25) is 0 Å². The van der Waals surface area contributed by atoms with Crippen molar-refractivity contribution in [3.63, 3.8) is 0 Å². The molecule has 0 saturated heterocycles. The SMILES string of the molecule is CCSCC(C)NCCCC#N. The minimum atomic E-state index is 0.577. The van der Waals surface area contributed by atoms with Crippen LogP contribution in [0.3, 0.4) is 0 Å². The zero-order valence-corrected chi connectivity index (χ0v) is 8.78. The van der Waals surface area contributed by atoms with Crippen LogP contribution in [0.15, 0.2) is 0 Å². The van der Waals surface area contributed by atoms with Crippen molar-refractivity contribution in [3.8, 4) is 6.07 Å². The number of nitriles is 1. The first kappa shape index (κ1) is 11.8. The van der Waals surface area contributed by atoms with Crippen LogP contribution in [-0.2, 0) is 0 Å². The molecule has 1 atom stereocenters. The van der Waals surface area contributed by atoms with E-state index >= 15 is 0 Å². The summed E-state index contributed by atoms with van der Waals surface area (Å²) >= 11 is 1.95. The summed E-state index contributed by atoms with van der Waals surface area (Å²) < 4.78 is 0. The smallest absolute Gasteiger partial charge is 0.0622 e. The lowest BCUT2D eigenvalue weighted by molar-refractivity contribution is 0.580. The molecule has 1 N–H and O–H groups in total. The van der Waals surface area contributed by atoms with Crippen molar-refractivity contribution in [1.29, 1.82) is 5.26 Å². The third-order valence-electron chi connectivity index (χ3n) is 1.53. The summed E-state index contributed by atoms with van der Waals surface area (Å²) in [6, 6.07) is 2.72. The largest absolute Gasteiger partial charge is 0.313 e. The van der Waals surface area contributed by atoms with E-state index in [0.717, 1.165) is 13.0 Å². The summed E-state index contributed by atoms with van der Waals surface area (Å²) in [6.07, 6.45) is 1.64. The molecule has 1 unspecified atom stereocenters. The van der Waals surface area contributed by atoms with Gasteiger partial charge in [-0.15, -0.1) is 0 Å². The Labute approximate surface area is 79.7 Å². The van der Waals surface area contributed by atoms with Gasteiger partial charge in [-0.25, -0.2) is 0 Å². The quantitative estimate of drug-likeness (QED) is 0.618. The average molecular weight is 186 g/mol. The number of nitrogens with one attached hydrogen (secondary N) is 1. The van der Waals surface area contributed by atoms with Crippen molar-refractivity contribution in [2.24, 2.45) is 0 Å². The Hall–Kier alpha value is -0.200. The van der Waals surface area contributed by atoms with E-state index in [4.69, 9.17) is 5.26 Å². The van der Waals surface area contributed by atoms with Gasteiger partial charge < -0.3 is 5.32 Å². The summed E-state index contributed by atoms with van der Waals surface area (Å²) in [5, 5.41) is 11.7. The summed E-state index contributed by atoms with van der Waals surface area (Å²) in [6.45, 7) is 5.33. The van der Waals surface area contributed by atoms with Crippen LogP contribution >= 0.6 is 11.8 Å². The van der Waals surface area contributed by atoms with Gasteiger partial charge in [-0.05, 0) is 25.6 Å². The summed E-state index contributed by atoms with van der Waals surface area (Å²) in [7, 11) is 0. The van der Waals surface area contributed by atoms with Crippen LogP contribution in [0.1, 0.15) is 26.7 Å². The number of hydrogen-bond acceptors (Lipinski definition) is 3. The van der Waals surface area contributed by atoms with Crippen LogP contribution in [0.5, 0.6) is 0 Å². The molecular weight excluding hydrogens is 168 g/mol. The molecule has 0 rings (SSSR count). The first-order valence-corrected chi connectivity index (χ1v) is 5.64. The van der Waals surface area contributed by atoms with Crippen LogP contribution in [0.25, 0.3) is 0 Å². The third kappa shape index (κ3) is 7.90. The molecule has 0 aromatic carbocycles. The number of hydrogen-bond donors (Lipinski definition) is 1. The van der Waals surface area contributed by atoms with Crippen molar-refractivity contribution in [3.05, 3.63) is 0 Å². The first-order chi connectivity index (χ1) is 5.81. The number of unbranched alkanes of at least 4 members (excludes halogenated alkanes) is 1. The summed E-state index contributed by atoms with van der Waals surface area (Å²) in [5.41, 5.74) is 0. The van der Waals surface area contributed by atoms with E-state index < -0.39 is 0 Å². The zero-order valence-electron chi connectivity index (χ0n) is 7.97. The molecule has 0 aromatic heterocycles. The Balaban J connectivity index is 3.09. The molecule has 0 saturated carbocycles. The van der Waals surface area contributed by atoms with Crippen LogP contribution < -0.4 is 5.32 Å². The van der Waals surface area contributed by atoms with E-state index in [1.54, 1.807) is 0 Å². The fourth-order valence-electron chi connectivity index (χ4n) is 0.869. The molecule has 12 heavy (non-hydrogen) atoms. The van der Waals surface area contributed by atoms with Crippen LogP contribution in [0, 0.1) is 11.3 Å². The second-order valence-electron chi connectivity index (χ2n) is 2.78.